The average Bonchev–Trinajstić information content (AvgIpc) is 2.86. The Morgan fingerprint density at radius 2 is 1.21 bits per heavy atom. The van der Waals surface area contributed by atoms with Crippen molar-refractivity contribution in [1.29, 1.82) is 0 Å². The molecule has 4 aromatic carbocycles. The topological polar surface area (TPSA) is 32.7 Å². The first kappa shape index (κ1) is 24.0. The highest BCUT2D eigenvalue weighted by molar-refractivity contribution is 5.84. The quantitative estimate of drug-likeness (QED) is 0.295. The molecule has 3 nitrogen and oxygen atoms in total. The van der Waals surface area contributed by atoms with Gasteiger partial charge in [-0.2, -0.15) is 0 Å². The second kappa shape index (κ2) is 10.4. The van der Waals surface area contributed by atoms with Gasteiger partial charge in [0.2, 0.25) is 0 Å². The predicted octanol–water partition coefficient (Wildman–Crippen LogP) is 6.46. The molecule has 4 rings (SSSR count). The minimum absolute atomic E-state index is 0.646. The number of aliphatic hydroxyl groups is 1. The van der Waals surface area contributed by atoms with Crippen LogP contribution in [0.5, 0.6) is 5.75 Å². The molecule has 1 atom stereocenters. The lowest BCUT2D eigenvalue weighted by molar-refractivity contribution is 0.125. The van der Waals surface area contributed by atoms with Gasteiger partial charge in [0.25, 0.3) is 0 Å². The number of benzene rings is 4. The zero-order valence-corrected chi connectivity index (χ0v) is 20.7. The molecule has 0 aliphatic carbocycles. The van der Waals surface area contributed by atoms with Crippen molar-refractivity contribution in [3.63, 3.8) is 0 Å². The molecular weight excluding hydrogens is 418 g/mol. The molecule has 176 valence electrons. The lowest BCUT2D eigenvalue weighted by Crippen LogP contribution is -2.29. The van der Waals surface area contributed by atoms with Gasteiger partial charge in [-0.25, -0.2) is 0 Å². The summed E-state index contributed by atoms with van der Waals surface area (Å²) in [4.78, 5) is 2.34. The first-order chi connectivity index (χ1) is 16.4. The maximum Gasteiger partial charge on any atom is 0.140 e. The summed E-state index contributed by atoms with van der Waals surface area (Å²) in [7, 11) is 0. The molecular formula is C31H35NO2. The van der Waals surface area contributed by atoms with Crippen LogP contribution in [0.2, 0.25) is 0 Å². The first-order valence-electron chi connectivity index (χ1n) is 12.2. The number of rotatable bonds is 9. The largest absolute Gasteiger partial charge is 0.492 e. The summed E-state index contributed by atoms with van der Waals surface area (Å²) in [6, 6.07) is 28.7. The molecule has 0 saturated carbocycles. The Hall–Kier alpha value is -3.14. The maximum atomic E-state index is 12.3. The summed E-state index contributed by atoms with van der Waals surface area (Å²) in [6.45, 7) is 12.1. The average molecular weight is 454 g/mol. The van der Waals surface area contributed by atoms with Crippen LogP contribution >= 0.6 is 0 Å². The first-order valence-corrected chi connectivity index (χ1v) is 12.2. The minimum Gasteiger partial charge on any atom is -0.492 e. The van der Waals surface area contributed by atoms with Gasteiger partial charge < -0.3 is 14.7 Å². The van der Waals surface area contributed by atoms with E-state index in [1.165, 1.54) is 10.9 Å². The monoisotopic (exact) mass is 453 g/mol. The molecule has 0 amide bonds. The fourth-order valence-corrected chi connectivity index (χ4v) is 4.51. The molecule has 34 heavy (non-hydrogen) atoms. The van der Waals surface area contributed by atoms with E-state index < -0.39 is 5.60 Å². The van der Waals surface area contributed by atoms with Gasteiger partial charge in [0.05, 0.1) is 0 Å². The zero-order valence-electron chi connectivity index (χ0n) is 20.7. The van der Waals surface area contributed by atoms with Crippen molar-refractivity contribution >= 4 is 10.8 Å². The second-order valence-electron chi connectivity index (χ2n) is 9.04. The summed E-state index contributed by atoms with van der Waals surface area (Å²) < 4.78 is 5.98. The van der Waals surface area contributed by atoms with Gasteiger partial charge in [0.1, 0.15) is 18.0 Å². The summed E-state index contributed by atoms with van der Waals surface area (Å²) >= 11 is 0. The molecule has 0 heterocycles. The van der Waals surface area contributed by atoms with Crippen LogP contribution in [0, 0.1) is 13.8 Å². The number of hydrogen-bond donors (Lipinski definition) is 1. The molecule has 3 heteroatoms. The van der Waals surface area contributed by atoms with E-state index in [9.17, 15) is 5.11 Å². The van der Waals surface area contributed by atoms with Gasteiger partial charge in [-0.1, -0.05) is 91.7 Å². The van der Waals surface area contributed by atoms with Crippen molar-refractivity contribution in [3.8, 4) is 5.75 Å². The van der Waals surface area contributed by atoms with E-state index >= 15 is 0 Å². The fraction of sp³-hybridized carbons (Fsp3) is 0.290. The molecule has 0 radical (unpaired) electrons. The molecule has 1 unspecified atom stereocenters. The highest BCUT2D eigenvalue weighted by Crippen LogP contribution is 2.38. The van der Waals surface area contributed by atoms with Crippen molar-refractivity contribution in [1.82, 2.24) is 4.90 Å². The molecule has 0 aromatic heterocycles. The van der Waals surface area contributed by atoms with E-state index in [1.54, 1.807) is 0 Å². The van der Waals surface area contributed by atoms with Crippen molar-refractivity contribution in [2.24, 2.45) is 0 Å². The minimum atomic E-state index is -1.27. The zero-order chi connectivity index (χ0) is 24.1. The lowest BCUT2D eigenvalue weighted by Gasteiger charge is -2.31. The molecule has 0 saturated heterocycles. The number of nitrogens with zero attached hydrogens (tertiary/aromatic N) is 1. The van der Waals surface area contributed by atoms with E-state index in [-0.39, 0.29) is 0 Å². The normalized spacial score (nSPS) is 13.2. The van der Waals surface area contributed by atoms with Crippen LogP contribution < -0.4 is 4.74 Å². The Balaban J connectivity index is 1.69. The fourth-order valence-electron chi connectivity index (χ4n) is 4.51. The standard InChI is InChI=1S/C31H35NO2/c1-5-32(6-2)19-20-34-30-17-15-28(16-18-30)31(33,27-12-8-23(3)9-13-27)29-14-11-25-21-24(4)7-10-26(25)22-29/h7-18,21-22,33H,5-6,19-20H2,1-4H3. The Morgan fingerprint density at radius 1 is 0.676 bits per heavy atom. The smallest absolute Gasteiger partial charge is 0.140 e. The van der Waals surface area contributed by atoms with Crippen molar-refractivity contribution in [2.45, 2.75) is 33.3 Å². The summed E-state index contributed by atoms with van der Waals surface area (Å²) in [5.41, 5.74) is 3.64. The molecule has 0 aliphatic rings. The van der Waals surface area contributed by atoms with E-state index in [1.807, 2.05) is 42.5 Å². The van der Waals surface area contributed by atoms with Crippen LogP contribution in [-0.2, 0) is 5.60 Å². The van der Waals surface area contributed by atoms with E-state index in [2.05, 4.69) is 75.1 Å². The third-order valence-corrected chi connectivity index (χ3v) is 6.73. The van der Waals surface area contributed by atoms with Crippen LogP contribution in [0.1, 0.15) is 41.7 Å². The summed E-state index contributed by atoms with van der Waals surface area (Å²) in [6.07, 6.45) is 0. The van der Waals surface area contributed by atoms with Crippen molar-refractivity contribution in [3.05, 3.63) is 113 Å². The molecule has 0 bridgehead atoms. The number of fused-ring (bicyclic) bond motifs is 1. The van der Waals surface area contributed by atoms with Crippen LogP contribution in [0.3, 0.4) is 0 Å². The highest BCUT2D eigenvalue weighted by Gasteiger charge is 2.34. The van der Waals surface area contributed by atoms with Gasteiger partial charge in [0, 0.05) is 6.54 Å². The summed E-state index contributed by atoms with van der Waals surface area (Å²) in [5, 5.41) is 14.6. The molecule has 0 aliphatic heterocycles. The van der Waals surface area contributed by atoms with Crippen LogP contribution in [0.4, 0.5) is 0 Å². The van der Waals surface area contributed by atoms with Crippen LogP contribution in [0.25, 0.3) is 10.8 Å². The van der Waals surface area contributed by atoms with Gasteiger partial charge in [-0.05, 0) is 72.6 Å². The van der Waals surface area contributed by atoms with Gasteiger partial charge in [-0.3, -0.25) is 0 Å². The number of likely N-dealkylation sites (N-methyl/N-ethyl adjacent to an activating group) is 1. The highest BCUT2D eigenvalue weighted by atomic mass is 16.5. The Morgan fingerprint density at radius 3 is 1.85 bits per heavy atom. The lowest BCUT2D eigenvalue weighted by atomic mass is 9.79. The number of hydrogen-bond acceptors (Lipinski definition) is 3. The Labute approximate surface area is 203 Å². The predicted molar refractivity (Wildman–Crippen MR) is 142 cm³/mol. The van der Waals surface area contributed by atoms with E-state index in [4.69, 9.17) is 4.74 Å². The van der Waals surface area contributed by atoms with Gasteiger partial charge >= 0.3 is 0 Å². The van der Waals surface area contributed by atoms with Gasteiger partial charge in [0.15, 0.2) is 0 Å². The van der Waals surface area contributed by atoms with Crippen molar-refractivity contribution < 1.29 is 9.84 Å². The molecule has 0 spiro atoms. The van der Waals surface area contributed by atoms with E-state index in [0.717, 1.165) is 53.0 Å². The molecule has 0 fully saturated rings. The van der Waals surface area contributed by atoms with E-state index in [0.29, 0.717) is 6.61 Å². The van der Waals surface area contributed by atoms with Crippen molar-refractivity contribution in [2.75, 3.05) is 26.2 Å². The van der Waals surface area contributed by atoms with Crippen LogP contribution in [-0.4, -0.2) is 36.2 Å². The van der Waals surface area contributed by atoms with Gasteiger partial charge in [-0.15, -0.1) is 0 Å². The SMILES string of the molecule is CCN(CC)CCOc1ccc(C(O)(c2ccc(C)cc2)c2ccc3cc(C)ccc3c2)cc1. The Kier molecular flexibility index (Phi) is 7.35. The third kappa shape index (κ3) is 5.01. The number of aryl methyl sites for hydroxylation is 2. The third-order valence-electron chi connectivity index (χ3n) is 6.73. The molecule has 4 aromatic rings. The van der Waals surface area contributed by atoms with Crippen LogP contribution in [0.15, 0.2) is 84.9 Å². The maximum absolute atomic E-state index is 12.3. The molecule has 1 N–H and O–H groups in total. The summed E-state index contributed by atoms with van der Waals surface area (Å²) in [5.74, 6) is 0.816. The Bertz CT molecular complexity index is 1230. The number of ether oxygens (including phenoxy) is 1. The second-order valence-corrected chi connectivity index (χ2v) is 9.04.